The number of nitrogens with zero attached hydrogens (tertiary/aromatic N) is 4. The predicted octanol–water partition coefficient (Wildman–Crippen LogP) is 1.51. The fraction of sp³-hybridized carbons (Fsp3) is 0.500. The molecule has 1 N–H and O–H groups in total. The SMILES string of the molecule is CC(C)C1CCN(c2ncc3c(=O)c(C(=O)O)cn(C)c3n2)C1. The molecule has 2 aromatic heterocycles. The van der Waals surface area contributed by atoms with Crippen molar-refractivity contribution in [1.82, 2.24) is 14.5 Å². The molecule has 0 saturated carbocycles. The summed E-state index contributed by atoms with van der Waals surface area (Å²) in [6.07, 6.45) is 3.86. The lowest BCUT2D eigenvalue weighted by molar-refractivity contribution is 0.0695. The predicted molar refractivity (Wildman–Crippen MR) is 86.9 cm³/mol. The highest BCUT2D eigenvalue weighted by molar-refractivity contribution is 5.91. The molecule has 3 rings (SSSR count). The minimum absolute atomic E-state index is 0.232. The first kappa shape index (κ1) is 15.5. The number of aryl methyl sites for hydroxylation is 1. The van der Waals surface area contributed by atoms with Crippen LogP contribution in [0.1, 0.15) is 30.6 Å². The Balaban J connectivity index is 2.04. The summed E-state index contributed by atoms with van der Waals surface area (Å²) >= 11 is 0. The Morgan fingerprint density at radius 1 is 1.43 bits per heavy atom. The number of carboxylic acid groups (broad SMARTS) is 1. The molecule has 122 valence electrons. The molecule has 0 bridgehead atoms. The number of pyridine rings is 1. The third kappa shape index (κ3) is 2.67. The quantitative estimate of drug-likeness (QED) is 0.923. The summed E-state index contributed by atoms with van der Waals surface area (Å²) in [5.41, 5.74) is -0.353. The lowest BCUT2D eigenvalue weighted by atomic mass is 9.95. The number of carbonyl (C=O) groups is 1. The molecule has 3 heterocycles. The summed E-state index contributed by atoms with van der Waals surface area (Å²) in [6.45, 7) is 6.24. The number of hydrogen-bond donors (Lipinski definition) is 1. The van der Waals surface area contributed by atoms with E-state index >= 15 is 0 Å². The van der Waals surface area contributed by atoms with Gasteiger partial charge in [0.25, 0.3) is 0 Å². The van der Waals surface area contributed by atoms with E-state index in [0.29, 0.717) is 23.4 Å². The van der Waals surface area contributed by atoms with E-state index in [1.54, 1.807) is 11.6 Å². The van der Waals surface area contributed by atoms with Gasteiger partial charge >= 0.3 is 5.97 Å². The second-order valence-corrected chi connectivity index (χ2v) is 6.43. The molecule has 1 atom stereocenters. The van der Waals surface area contributed by atoms with Crippen LogP contribution in [0.15, 0.2) is 17.2 Å². The Labute approximate surface area is 133 Å². The van der Waals surface area contributed by atoms with E-state index < -0.39 is 11.4 Å². The van der Waals surface area contributed by atoms with Gasteiger partial charge in [0.2, 0.25) is 11.4 Å². The van der Waals surface area contributed by atoms with Crippen LogP contribution in [0.4, 0.5) is 5.95 Å². The second kappa shape index (κ2) is 5.64. The molecule has 7 heteroatoms. The van der Waals surface area contributed by atoms with Gasteiger partial charge < -0.3 is 14.6 Å². The first-order chi connectivity index (χ1) is 10.9. The highest BCUT2D eigenvalue weighted by Crippen LogP contribution is 2.26. The van der Waals surface area contributed by atoms with E-state index in [2.05, 4.69) is 28.7 Å². The van der Waals surface area contributed by atoms with Crippen molar-refractivity contribution in [2.45, 2.75) is 20.3 Å². The van der Waals surface area contributed by atoms with Gasteiger partial charge in [-0.15, -0.1) is 0 Å². The summed E-state index contributed by atoms with van der Waals surface area (Å²) in [5, 5.41) is 9.33. The average Bonchev–Trinajstić information content (AvgIpc) is 3.00. The van der Waals surface area contributed by atoms with Gasteiger partial charge in [0.1, 0.15) is 11.2 Å². The molecule has 1 unspecified atom stereocenters. The molecule has 1 saturated heterocycles. The number of aromatic nitrogens is 3. The molecule has 1 aliphatic rings. The number of anilines is 1. The van der Waals surface area contributed by atoms with E-state index in [1.165, 1.54) is 12.4 Å². The first-order valence-corrected chi connectivity index (χ1v) is 7.73. The summed E-state index contributed by atoms with van der Waals surface area (Å²) in [5.74, 6) is 0.588. The third-order valence-electron chi connectivity index (χ3n) is 4.58. The van der Waals surface area contributed by atoms with Gasteiger partial charge in [-0.3, -0.25) is 4.79 Å². The lowest BCUT2D eigenvalue weighted by Crippen LogP contribution is -2.25. The third-order valence-corrected chi connectivity index (χ3v) is 4.58. The zero-order valence-electron chi connectivity index (χ0n) is 13.5. The number of carboxylic acids is 1. The van der Waals surface area contributed by atoms with Crippen molar-refractivity contribution in [2.75, 3.05) is 18.0 Å². The first-order valence-electron chi connectivity index (χ1n) is 7.73. The molecule has 0 radical (unpaired) electrons. The fourth-order valence-corrected chi connectivity index (χ4v) is 3.07. The maximum absolute atomic E-state index is 12.2. The van der Waals surface area contributed by atoms with Crippen molar-refractivity contribution in [3.63, 3.8) is 0 Å². The average molecular weight is 316 g/mol. The van der Waals surface area contributed by atoms with E-state index in [0.717, 1.165) is 19.5 Å². The monoisotopic (exact) mass is 316 g/mol. The molecule has 7 nitrogen and oxygen atoms in total. The Kier molecular flexibility index (Phi) is 3.79. The molecule has 2 aromatic rings. The van der Waals surface area contributed by atoms with Gasteiger partial charge in [-0.1, -0.05) is 13.8 Å². The van der Waals surface area contributed by atoms with Gasteiger partial charge in [0, 0.05) is 32.5 Å². The van der Waals surface area contributed by atoms with Crippen molar-refractivity contribution in [2.24, 2.45) is 18.9 Å². The molecule has 0 aliphatic carbocycles. The zero-order chi connectivity index (χ0) is 16.7. The van der Waals surface area contributed by atoms with Gasteiger partial charge in [0.15, 0.2) is 0 Å². The highest BCUT2D eigenvalue weighted by atomic mass is 16.4. The van der Waals surface area contributed by atoms with Crippen LogP contribution in [-0.4, -0.2) is 38.7 Å². The van der Waals surface area contributed by atoms with Gasteiger partial charge in [-0.2, -0.15) is 4.98 Å². The Morgan fingerprint density at radius 2 is 2.17 bits per heavy atom. The van der Waals surface area contributed by atoms with Crippen molar-refractivity contribution >= 4 is 23.0 Å². The highest BCUT2D eigenvalue weighted by Gasteiger charge is 2.27. The molecule has 0 aromatic carbocycles. The van der Waals surface area contributed by atoms with Crippen LogP contribution in [-0.2, 0) is 7.05 Å². The largest absolute Gasteiger partial charge is 0.477 e. The molecule has 23 heavy (non-hydrogen) atoms. The maximum atomic E-state index is 12.2. The summed E-state index contributed by atoms with van der Waals surface area (Å²) in [4.78, 5) is 34.3. The minimum atomic E-state index is -1.24. The van der Waals surface area contributed by atoms with Crippen molar-refractivity contribution in [1.29, 1.82) is 0 Å². The van der Waals surface area contributed by atoms with Gasteiger partial charge in [-0.05, 0) is 18.3 Å². The molecule has 0 amide bonds. The summed E-state index contributed by atoms with van der Waals surface area (Å²) in [7, 11) is 1.69. The molecule has 0 spiro atoms. The lowest BCUT2D eigenvalue weighted by Gasteiger charge is -2.18. The van der Waals surface area contributed by atoms with Gasteiger partial charge in [-0.25, -0.2) is 9.78 Å². The van der Waals surface area contributed by atoms with Crippen molar-refractivity contribution in [3.8, 4) is 0 Å². The van der Waals surface area contributed by atoms with E-state index in [9.17, 15) is 9.59 Å². The molecule has 1 aliphatic heterocycles. The van der Waals surface area contributed by atoms with Crippen LogP contribution in [0.3, 0.4) is 0 Å². The Hall–Kier alpha value is -2.44. The number of aromatic carboxylic acids is 1. The fourth-order valence-electron chi connectivity index (χ4n) is 3.07. The van der Waals surface area contributed by atoms with Crippen LogP contribution in [0, 0.1) is 11.8 Å². The van der Waals surface area contributed by atoms with Crippen LogP contribution < -0.4 is 10.3 Å². The number of hydrogen-bond acceptors (Lipinski definition) is 5. The summed E-state index contributed by atoms with van der Waals surface area (Å²) in [6, 6.07) is 0. The minimum Gasteiger partial charge on any atom is -0.477 e. The second-order valence-electron chi connectivity index (χ2n) is 6.43. The summed E-state index contributed by atoms with van der Waals surface area (Å²) < 4.78 is 1.57. The smallest absolute Gasteiger partial charge is 0.341 e. The van der Waals surface area contributed by atoms with E-state index in [4.69, 9.17) is 5.11 Å². The molecule has 1 fully saturated rings. The van der Waals surface area contributed by atoms with Gasteiger partial charge in [0.05, 0.1) is 5.39 Å². The van der Waals surface area contributed by atoms with Crippen LogP contribution in [0.25, 0.3) is 11.0 Å². The zero-order valence-corrected chi connectivity index (χ0v) is 13.5. The number of rotatable bonds is 3. The standard InChI is InChI=1S/C16H20N4O3/c1-9(2)10-4-5-20(7-10)16-17-6-11-13(21)12(15(22)23)8-19(3)14(11)18-16/h6,8-10H,4-5,7H2,1-3H3,(H,22,23). The van der Waals surface area contributed by atoms with Crippen molar-refractivity contribution in [3.05, 3.63) is 28.2 Å². The maximum Gasteiger partial charge on any atom is 0.341 e. The van der Waals surface area contributed by atoms with E-state index in [1.807, 2.05) is 0 Å². The normalized spacial score (nSPS) is 18.1. The van der Waals surface area contributed by atoms with Crippen LogP contribution >= 0.6 is 0 Å². The van der Waals surface area contributed by atoms with Crippen LogP contribution in [0.5, 0.6) is 0 Å². The molecular formula is C16H20N4O3. The van der Waals surface area contributed by atoms with E-state index in [-0.39, 0.29) is 10.9 Å². The topological polar surface area (TPSA) is 88.3 Å². The van der Waals surface area contributed by atoms with Crippen LogP contribution in [0.2, 0.25) is 0 Å². The Morgan fingerprint density at radius 3 is 2.78 bits per heavy atom. The molecular weight excluding hydrogens is 296 g/mol. The van der Waals surface area contributed by atoms with Crippen molar-refractivity contribution < 1.29 is 9.90 Å². The number of fused-ring (bicyclic) bond motifs is 1. The Bertz CT molecular complexity index is 828.